The number of hydrogen-bond donors (Lipinski definition) is 2. The van der Waals surface area contributed by atoms with Crippen LogP contribution in [0.3, 0.4) is 0 Å². The largest absolute Gasteiger partial charge is 0.535 e. The SMILES string of the molecule is CB(O)Oc1c(CCC2CC2)ccc(F)c1C(=O)O. The van der Waals surface area contributed by atoms with Gasteiger partial charge in [0.2, 0.25) is 0 Å². The lowest BCUT2D eigenvalue weighted by molar-refractivity contribution is 0.0689. The average Bonchev–Trinajstić information content (AvgIpc) is 3.10. The molecule has 0 radical (unpaired) electrons. The summed E-state index contributed by atoms with van der Waals surface area (Å²) >= 11 is 0. The molecule has 0 aliphatic heterocycles. The van der Waals surface area contributed by atoms with Gasteiger partial charge in [-0.2, -0.15) is 0 Å². The van der Waals surface area contributed by atoms with Crippen molar-refractivity contribution in [2.75, 3.05) is 0 Å². The lowest BCUT2D eigenvalue weighted by Gasteiger charge is -2.15. The molecule has 6 heteroatoms. The Bertz CT molecular complexity index is 486. The Hall–Kier alpha value is -1.56. The number of hydrogen-bond acceptors (Lipinski definition) is 3. The average molecular weight is 266 g/mol. The maximum Gasteiger partial charge on any atom is 0.519 e. The van der Waals surface area contributed by atoms with Gasteiger partial charge in [0.15, 0.2) is 0 Å². The predicted molar refractivity (Wildman–Crippen MR) is 68.9 cm³/mol. The molecular weight excluding hydrogens is 250 g/mol. The number of carbonyl (C=O) groups is 1. The summed E-state index contributed by atoms with van der Waals surface area (Å²) in [4.78, 5) is 11.1. The molecule has 2 N–H and O–H groups in total. The molecule has 2 rings (SSSR count). The second kappa shape index (κ2) is 5.61. The van der Waals surface area contributed by atoms with Crippen LogP contribution in [-0.2, 0) is 6.42 Å². The van der Waals surface area contributed by atoms with Crippen molar-refractivity contribution in [3.63, 3.8) is 0 Å². The topological polar surface area (TPSA) is 66.8 Å². The summed E-state index contributed by atoms with van der Waals surface area (Å²) in [6.07, 6.45) is 3.95. The molecule has 0 atom stereocenters. The van der Waals surface area contributed by atoms with E-state index in [-0.39, 0.29) is 5.75 Å². The summed E-state index contributed by atoms with van der Waals surface area (Å²) in [5.41, 5.74) is 0.126. The zero-order valence-corrected chi connectivity index (χ0v) is 10.7. The van der Waals surface area contributed by atoms with E-state index < -0.39 is 24.5 Å². The number of aryl methyl sites for hydroxylation is 1. The molecule has 4 nitrogen and oxygen atoms in total. The van der Waals surface area contributed by atoms with Gasteiger partial charge in [-0.15, -0.1) is 0 Å². The van der Waals surface area contributed by atoms with Crippen LogP contribution in [-0.4, -0.2) is 23.2 Å². The van der Waals surface area contributed by atoms with E-state index in [1.54, 1.807) is 0 Å². The van der Waals surface area contributed by atoms with Crippen LogP contribution >= 0.6 is 0 Å². The van der Waals surface area contributed by atoms with E-state index in [9.17, 15) is 14.2 Å². The quantitative estimate of drug-likeness (QED) is 0.775. The molecule has 0 saturated heterocycles. The highest BCUT2D eigenvalue weighted by molar-refractivity contribution is 6.42. The predicted octanol–water partition coefficient (Wildman–Crippen LogP) is 2.36. The lowest BCUT2D eigenvalue weighted by Crippen LogP contribution is -2.20. The molecule has 19 heavy (non-hydrogen) atoms. The van der Waals surface area contributed by atoms with Gasteiger partial charge in [-0.25, -0.2) is 9.18 Å². The Morgan fingerprint density at radius 3 is 2.74 bits per heavy atom. The van der Waals surface area contributed by atoms with E-state index >= 15 is 0 Å². The molecule has 1 saturated carbocycles. The highest BCUT2D eigenvalue weighted by Gasteiger charge is 2.25. The van der Waals surface area contributed by atoms with E-state index in [0.717, 1.165) is 12.5 Å². The molecule has 0 unspecified atom stereocenters. The van der Waals surface area contributed by atoms with Gasteiger partial charge < -0.3 is 14.8 Å². The van der Waals surface area contributed by atoms with Gasteiger partial charge in [-0.1, -0.05) is 18.9 Å². The van der Waals surface area contributed by atoms with Crippen molar-refractivity contribution >= 4 is 13.1 Å². The second-order valence-corrected chi connectivity index (χ2v) is 4.91. The van der Waals surface area contributed by atoms with E-state index in [2.05, 4.69) is 0 Å². The number of carboxylic acid groups (broad SMARTS) is 1. The standard InChI is InChI=1S/C13H16BFO4/c1-14(18)19-12-9(5-4-8-2-3-8)6-7-10(15)11(12)13(16)17/h6-8,18H,2-5H2,1H3,(H,16,17). The summed E-state index contributed by atoms with van der Waals surface area (Å²) in [6.45, 7) is 1.36. The first-order valence-corrected chi connectivity index (χ1v) is 6.38. The Labute approximate surface area is 111 Å². The molecule has 0 bridgehead atoms. The summed E-state index contributed by atoms with van der Waals surface area (Å²) in [7, 11) is -1.18. The first-order valence-electron chi connectivity index (χ1n) is 6.38. The number of aromatic carboxylic acids is 1. The van der Waals surface area contributed by atoms with Crippen molar-refractivity contribution in [3.8, 4) is 5.75 Å². The number of rotatable bonds is 6. The van der Waals surface area contributed by atoms with Gasteiger partial charge in [0.25, 0.3) is 0 Å². The van der Waals surface area contributed by atoms with Crippen LogP contribution in [0.4, 0.5) is 4.39 Å². The Kier molecular flexibility index (Phi) is 4.09. The van der Waals surface area contributed by atoms with E-state index in [1.165, 1.54) is 25.7 Å². The van der Waals surface area contributed by atoms with Gasteiger partial charge in [-0.05, 0) is 37.2 Å². The Morgan fingerprint density at radius 2 is 2.21 bits per heavy atom. The minimum absolute atomic E-state index is 0.0526. The van der Waals surface area contributed by atoms with Crippen LogP contribution in [0.2, 0.25) is 6.82 Å². The molecule has 102 valence electrons. The maximum atomic E-state index is 13.6. The van der Waals surface area contributed by atoms with Crippen LogP contribution in [0.1, 0.15) is 35.2 Å². The third-order valence-corrected chi connectivity index (χ3v) is 3.21. The number of carboxylic acids is 1. The van der Waals surface area contributed by atoms with Gasteiger partial charge in [0.1, 0.15) is 17.1 Å². The van der Waals surface area contributed by atoms with Crippen LogP contribution in [0, 0.1) is 11.7 Å². The van der Waals surface area contributed by atoms with Crippen molar-refractivity contribution < 1.29 is 24.0 Å². The Morgan fingerprint density at radius 1 is 1.53 bits per heavy atom. The fraction of sp³-hybridized carbons (Fsp3) is 0.462. The third-order valence-electron chi connectivity index (χ3n) is 3.21. The molecule has 0 heterocycles. The second-order valence-electron chi connectivity index (χ2n) is 4.91. The van der Waals surface area contributed by atoms with Crippen LogP contribution in [0.25, 0.3) is 0 Å². The van der Waals surface area contributed by atoms with Crippen LogP contribution < -0.4 is 4.65 Å². The van der Waals surface area contributed by atoms with Crippen molar-refractivity contribution in [3.05, 3.63) is 29.1 Å². The monoisotopic (exact) mass is 266 g/mol. The molecule has 0 spiro atoms. The highest BCUT2D eigenvalue weighted by atomic mass is 19.1. The molecule has 1 aliphatic carbocycles. The van der Waals surface area contributed by atoms with E-state index in [0.29, 0.717) is 17.9 Å². The molecule has 1 fully saturated rings. The maximum absolute atomic E-state index is 13.6. The number of halogens is 1. The van der Waals surface area contributed by atoms with Gasteiger partial charge in [-0.3, -0.25) is 0 Å². The van der Waals surface area contributed by atoms with Crippen LogP contribution in [0.5, 0.6) is 5.75 Å². The third kappa shape index (κ3) is 3.47. The molecule has 1 aromatic carbocycles. The molecular formula is C13H16BFO4. The van der Waals surface area contributed by atoms with Crippen molar-refractivity contribution in [2.45, 2.75) is 32.5 Å². The van der Waals surface area contributed by atoms with E-state index in [4.69, 9.17) is 9.76 Å². The summed E-state index contributed by atoms with van der Waals surface area (Å²) in [5, 5.41) is 18.4. The van der Waals surface area contributed by atoms with Crippen molar-refractivity contribution in [1.29, 1.82) is 0 Å². The zero-order valence-electron chi connectivity index (χ0n) is 10.7. The number of benzene rings is 1. The highest BCUT2D eigenvalue weighted by Crippen LogP contribution is 2.36. The summed E-state index contributed by atoms with van der Waals surface area (Å²) in [5.74, 6) is -1.61. The first kappa shape index (κ1) is 13.9. The zero-order chi connectivity index (χ0) is 14.0. The Balaban J connectivity index is 2.33. The first-order chi connectivity index (χ1) is 8.99. The minimum Gasteiger partial charge on any atom is -0.535 e. The van der Waals surface area contributed by atoms with Crippen LogP contribution in [0.15, 0.2) is 12.1 Å². The van der Waals surface area contributed by atoms with Gasteiger partial charge >= 0.3 is 13.1 Å². The van der Waals surface area contributed by atoms with Crippen molar-refractivity contribution in [2.24, 2.45) is 5.92 Å². The van der Waals surface area contributed by atoms with E-state index in [1.807, 2.05) is 0 Å². The minimum atomic E-state index is -1.39. The molecule has 0 aromatic heterocycles. The molecule has 1 aromatic rings. The normalized spacial score (nSPS) is 14.3. The summed E-state index contributed by atoms with van der Waals surface area (Å²) in [6, 6.07) is 2.67. The molecule has 0 amide bonds. The van der Waals surface area contributed by atoms with Crippen molar-refractivity contribution in [1.82, 2.24) is 0 Å². The van der Waals surface area contributed by atoms with Gasteiger partial charge in [0, 0.05) is 0 Å². The fourth-order valence-corrected chi connectivity index (χ4v) is 2.07. The molecule has 1 aliphatic rings. The van der Waals surface area contributed by atoms with Gasteiger partial charge in [0.05, 0.1) is 0 Å². The fourth-order valence-electron chi connectivity index (χ4n) is 2.07. The smallest absolute Gasteiger partial charge is 0.519 e. The lowest BCUT2D eigenvalue weighted by atomic mass is 9.94. The summed E-state index contributed by atoms with van der Waals surface area (Å²) < 4.78 is 18.7.